The van der Waals surface area contributed by atoms with E-state index in [2.05, 4.69) is 41.4 Å². The second-order valence-electron chi connectivity index (χ2n) is 3.45. The normalized spacial score (nSPS) is 10.7. The fourth-order valence-electron chi connectivity index (χ4n) is 1.36. The number of carbonyl (C=O) groups is 1. The number of nitrogens with one attached hydrogen (secondary N) is 2. The van der Waals surface area contributed by atoms with E-state index in [0.717, 1.165) is 0 Å². The lowest BCUT2D eigenvalue weighted by Crippen LogP contribution is -2.14. The summed E-state index contributed by atoms with van der Waals surface area (Å²) in [5.74, 6) is -0.881. The number of rotatable bonds is 4. The van der Waals surface area contributed by atoms with Gasteiger partial charge in [0.1, 0.15) is 0 Å². The Bertz CT molecular complexity index is 624. The minimum atomic E-state index is -3.05. The van der Waals surface area contributed by atoms with Crippen molar-refractivity contribution in [3.63, 3.8) is 0 Å². The molecule has 0 aliphatic rings. The Morgan fingerprint density at radius 2 is 2.25 bits per heavy atom. The number of hydrogen-bond donors (Lipinski definition) is 2. The summed E-state index contributed by atoms with van der Waals surface area (Å²) in [6.07, 6.45) is 1.18. The topological polar surface area (TPSA) is 79.9 Å². The maximum Gasteiger partial charge on any atom is 0.387 e. The van der Waals surface area contributed by atoms with E-state index in [4.69, 9.17) is 11.6 Å². The highest BCUT2D eigenvalue weighted by atomic mass is 79.9. The van der Waals surface area contributed by atoms with E-state index >= 15 is 0 Å². The number of carbonyl (C=O) groups excluding carboxylic acids is 1. The molecular formula is C10H6BrClF2N4O2. The first-order valence-corrected chi connectivity index (χ1v) is 6.25. The van der Waals surface area contributed by atoms with E-state index in [-0.39, 0.29) is 26.6 Å². The lowest BCUT2D eigenvalue weighted by atomic mass is 10.3. The zero-order valence-corrected chi connectivity index (χ0v) is 11.9. The zero-order chi connectivity index (χ0) is 14.7. The molecule has 0 aliphatic heterocycles. The largest absolute Gasteiger partial charge is 0.431 e. The van der Waals surface area contributed by atoms with Crippen molar-refractivity contribution in [2.75, 3.05) is 5.32 Å². The van der Waals surface area contributed by atoms with Gasteiger partial charge in [-0.25, -0.2) is 0 Å². The number of H-pyrrole nitrogens is 1. The number of alkyl halides is 2. The van der Waals surface area contributed by atoms with Crippen LogP contribution in [-0.2, 0) is 0 Å². The zero-order valence-electron chi connectivity index (χ0n) is 9.53. The molecular weight excluding hydrogens is 361 g/mol. The van der Waals surface area contributed by atoms with Gasteiger partial charge in [0.2, 0.25) is 0 Å². The van der Waals surface area contributed by atoms with Crippen molar-refractivity contribution in [2.24, 2.45) is 0 Å². The van der Waals surface area contributed by atoms with Crippen LogP contribution in [-0.4, -0.2) is 27.9 Å². The number of anilines is 1. The van der Waals surface area contributed by atoms with E-state index in [1.54, 1.807) is 0 Å². The predicted octanol–water partition coefficient (Wildman–Crippen LogP) is 3.07. The molecule has 10 heteroatoms. The van der Waals surface area contributed by atoms with Gasteiger partial charge in [-0.15, -0.1) is 0 Å². The number of ether oxygens (including phenoxy) is 1. The molecule has 0 saturated heterocycles. The van der Waals surface area contributed by atoms with Crippen LogP contribution in [0.1, 0.15) is 10.5 Å². The summed E-state index contributed by atoms with van der Waals surface area (Å²) in [5.41, 5.74) is -0.0261. The van der Waals surface area contributed by atoms with E-state index in [9.17, 15) is 13.6 Å². The van der Waals surface area contributed by atoms with Gasteiger partial charge in [-0.1, -0.05) is 11.6 Å². The fraction of sp³-hybridized carbons (Fsp3) is 0.100. The molecule has 1 aromatic heterocycles. The smallest absolute Gasteiger partial charge is 0.387 e. The van der Waals surface area contributed by atoms with Gasteiger partial charge in [-0.05, 0) is 28.1 Å². The number of halogens is 4. The molecule has 1 aromatic carbocycles. The number of hydrogen-bond acceptors (Lipinski definition) is 4. The summed E-state index contributed by atoms with van der Waals surface area (Å²) in [7, 11) is 0. The molecule has 1 amide bonds. The van der Waals surface area contributed by atoms with Crippen molar-refractivity contribution in [1.82, 2.24) is 15.4 Å². The Labute approximate surface area is 124 Å². The van der Waals surface area contributed by atoms with Gasteiger partial charge in [0.05, 0.1) is 16.4 Å². The van der Waals surface area contributed by atoms with Gasteiger partial charge < -0.3 is 10.1 Å². The molecule has 6 nitrogen and oxygen atoms in total. The van der Waals surface area contributed by atoms with Gasteiger partial charge in [-0.3, -0.25) is 4.79 Å². The summed E-state index contributed by atoms with van der Waals surface area (Å²) in [6, 6.07) is 2.65. The molecule has 0 radical (unpaired) electrons. The highest BCUT2D eigenvalue weighted by Crippen LogP contribution is 2.37. The van der Waals surface area contributed by atoms with Gasteiger partial charge >= 0.3 is 6.61 Å². The van der Waals surface area contributed by atoms with E-state index < -0.39 is 12.5 Å². The Hall–Kier alpha value is -1.74. The van der Waals surface area contributed by atoms with Crippen LogP contribution in [0.4, 0.5) is 14.5 Å². The molecule has 0 spiro atoms. The summed E-state index contributed by atoms with van der Waals surface area (Å²) in [5, 5.41) is 11.9. The van der Waals surface area contributed by atoms with Crippen LogP contribution in [0.5, 0.6) is 5.75 Å². The molecule has 0 bridgehead atoms. The molecule has 0 unspecified atom stereocenters. The third-order valence-electron chi connectivity index (χ3n) is 2.11. The number of aromatic nitrogens is 3. The van der Waals surface area contributed by atoms with Crippen molar-refractivity contribution in [3.8, 4) is 5.75 Å². The van der Waals surface area contributed by atoms with Crippen LogP contribution in [0, 0.1) is 0 Å². The first-order chi connectivity index (χ1) is 9.47. The molecule has 2 rings (SSSR count). The fourth-order valence-corrected chi connectivity index (χ4v) is 2.26. The Kier molecular flexibility index (Phi) is 4.50. The van der Waals surface area contributed by atoms with E-state index in [1.165, 1.54) is 18.3 Å². The summed E-state index contributed by atoms with van der Waals surface area (Å²) in [4.78, 5) is 11.8. The monoisotopic (exact) mass is 366 g/mol. The highest BCUT2D eigenvalue weighted by Gasteiger charge is 2.18. The van der Waals surface area contributed by atoms with E-state index in [1.807, 2.05) is 0 Å². The average molecular weight is 368 g/mol. The molecule has 0 atom stereocenters. The molecule has 0 saturated carbocycles. The SMILES string of the molecule is O=C(Nc1cc(Cl)cc(Br)c1OC(F)F)c1cn[nH]n1. The van der Waals surface area contributed by atoms with Gasteiger partial charge in [0.25, 0.3) is 5.91 Å². The Morgan fingerprint density at radius 1 is 1.50 bits per heavy atom. The summed E-state index contributed by atoms with van der Waals surface area (Å²) >= 11 is 8.85. The van der Waals surface area contributed by atoms with Crippen LogP contribution in [0.15, 0.2) is 22.8 Å². The van der Waals surface area contributed by atoms with Crippen molar-refractivity contribution >= 4 is 39.1 Å². The van der Waals surface area contributed by atoms with Crippen molar-refractivity contribution in [1.29, 1.82) is 0 Å². The highest BCUT2D eigenvalue weighted by molar-refractivity contribution is 9.10. The van der Waals surface area contributed by atoms with Crippen LogP contribution in [0.2, 0.25) is 5.02 Å². The summed E-state index contributed by atoms with van der Waals surface area (Å²) < 4.78 is 29.3. The van der Waals surface area contributed by atoms with Crippen molar-refractivity contribution in [2.45, 2.75) is 6.61 Å². The molecule has 106 valence electrons. The standard InChI is InChI=1S/C10H6BrClF2N4O2/c11-5-1-4(12)2-6(8(5)20-10(13)14)16-9(19)7-3-15-18-17-7/h1-3,10H,(H,16,19)(H,15,17,18). The third-order valence-corrected chi connectivity index (χ3v) is 2.92. The van der Waals surface area contributed by atoms with Gasteiger partial charge in [0, 0.05) is 5.02 Å². The van der Waals surface area contributed by atoms with Crippen molar-refractivity contribution in [3.05, 3.63) is 33.5 Å². The van der Waals surface area contributed by atoms with Crippen LogP contribution in [0.3, 0.4) is 0 Å². The van der Waals surface area contributed by atoms with Crippen LogP contribution >= 0.6 is 27.5 Å². The number of nitrogens with zero attached hydrogens (tertiary/aromatic N) is 2. The number of amides is 1. The molecule has 2 N–H and O–H groups in total. The second-order valence-corrected chi connectivity index (χ2v) is 4.74. The maximum absolute atomic E-state index is 12.4. The van der Waals surface area contributed by atoms with Gasteiger partial charge in [0.15, 0.2) is 11.4 Å². The first-order valence-electron chi connectivity index (χ1n) is 5.08. The number of benzene rings is 1. The Balaban J connectivity index is 2.32. The molecule has 20 heavy (non-hydrogen) atoms. The number of aromatic amines is 1. The first kappa shape index (κ1) is 14.7. The second kappa shape index (κ2) is 6.14. The predicted molar refractivity (Wildman–Crippen MR) is 70.1 cm³/mol. The van der Waals surface area contributed by atoms with Crippen LogP contribution in [0.25, 0.3) is 0 Å². The quantitative estimate of drug-likeness (QED) is 0.870. The molecule has 0 aliphatic carbocycles. The van der Waals surface area contributed by atoms with Gasteiger partial charge in [-0.2, -0.15) is 24.2 Å². The van der Waals surface area contributed by atoms with Crippen molar-refractivity contribution < 1.29 is 18.3 Å². The third kappa shape index (κ3) is 3.42. The minimum absolute atomic E-state index is 0.0101. The molecule has 1 heterocycles. The molecule has 0 fully saturated rings. The lowest BCUT2D eigenvalue weighted by molar-refractivity contribution is -0.0498. The van der Waals surface area contributed by atoms with E-state index in [0.29, 0.717) is 0 Å². The average Bonchev–Trinajstić information content (AvgIpc) is 2.87. The minimum Gasteiger partial charge on any atom is -0.431 e. The summed E-state index contributed by atoms with van der Waals surface area (Å²) in [6.45, 7) is -3.05. The molecule has 2 aromatic rings. The Morgan fingerprint density at radius 3 is 2.85 bits per heavy atom. The van der Waals surface area contributed by atoms with Crippen LogP contribution < -0.4 is 10.1 Å². The lowest BCUT2D eigenvalue weighted by Gasteiger charge is -2.13. The maximum atomic E-state index is 12.4.